The molecule has 0 unspecified atom stereocenters. The number of carbonyl (C=O) groups is 2. The fraction of sp³-hybridized carbons (Fsp3) is 0.242. The lowest BCUT2D eigenvalue weighted by Crippen LogP contribution is -3.00. The molecular formula is C33H35ClN4O3. The molecule has 1 aliphatic heterocycles. The summed E-state index contributed by atoms with van der Waals surface area (Å²) in [4.78, 5) is 33.8. The number of hydrogen-bond donors (Lipinski definition) is 2. The molecule has 0 aliphatic carbocycles. The van der Waals surface area contributed by atoms with Crippen molar-refractivity contribution in [2.45, 2.75) is 38.7 Å². The highest BCUT2D eigenvalue weighted by Gasteiger charge is 2.42. The first-order valence-electron chi connectivity index (χ1n) is 13.7. The van der Waals surface area contributed by atoms with Crippen molar-refractivity contribution in [2.24, 2.45) is 0 Å². The lowest BCUT2D eigenvalue weighted by Gasteiger charge is -2.32. The Balaban J connectivity index is 0.00000387. The average Bonchev–Trinajstić information content (AvgIpc) is 3.00. The first-order valence-corrected chi connectivity index (χ1v) is 13.7. The summed E-state index contributed by atoms with van der Waals surface area (Å²) in [7, 11) is 0. The molecular weight excluding hydrogens is 536 g/mol. The molecule has 0 spiro atoms. The number of nitrogens with one attached hydrogen (secondary N) is 2. The van der Waals surface area contributed by atoms with Gasteiger partial charge in [-0.05, 0) is 68.5 Å². The second kappa shape index (κ2) is 13.0. The zero-order valence-corrected chi connectivity index (χ0v) is 24.1. The fourth-order valence-corrected chi connectivity index (χ4v) is 5.11. The maximum atomic E-state index is 14.2. The van der Waals surface area contributed by atoms with E-state index in [1.807, 2.05) is 44.2 Å². The molecule has 0 bridgehead atoms. The highest BCUT2D eigenvalue weighted by molar-refractivity contribution is 6.10. The Bertz CT molecular complexity index is 1430. The van der Waals surface area contributed by atoms with Gasteiger partial charge in [0.2, 0.25) is 0 Å². The number of rotatable bonds is 6. The molecule has 4 aromatic rings. The smallest absolute Gasteiger partial charge is 0.287 e. The molecule has 0 radical (unpaired) electrons. The summed E-state index contributed by atoms with van der Waals surface area (Å²) in [6.45, 7) is 5.58. The molecule has 3 N–H and O–H groups in total. The Morgan fingerprint density at radius 2 is 1.37 bits per heavy atom. The van der Waals surface area contributed by atoms with Crippen LogP contribution in [0.15, 0.2) is 97.2 Å². The number of hydrazine groups is 1. The quantitative estimate of drug-likeness (QED) is 0.346. The van der Waals surface area contributed by atoms with E-state index in [1.165, 1.54) is 5.01 Å². The molecule has 3 aromatic carbocycles. The molecule has 2 amide bonds. The Hall–Kier alpha value is -4.20. The van der Waals surface area contributed by atoms with Gasteiger partial charge in [0.15, 0.2) is 5.60 Å². The molecule has 5 rings (SSSR count). The standard InChI is InChI=1S/C33H34N4O3.ClH/c1-24-13-17-26(18-14-24)33(40,27-19-15-25(2)16-20-27)32(39)35-37(28-10-5-3-6-11-28)31(38)29-12-9-21-34-30(29)36-22-7-4-8-23-36;/h3,5-6,9-21,40H,4,7-8,22-23H2,1-2H3,(H,35,39);1H. The van der Waals surface area contributed by atoms with Crippen molar-refractivity contribution in [1.82, 2.24) is 5.43 Å². The molecule has 0 saturated carbocycles. The molecule has 1 aliphatic rings. The summed E-state index contributed by atoms with van der Waals surface area (Å²) in [5.74, 6) is -0.432. The van der Waals surface area contributed by atoms with E-state index in [1.54, 1.807) is 66.9 Å². The molecule has 8 heteroatoms. The number of aromatic nitrogens is 1. The number of para-hydroxylation sites is 1. The van der Waals surface area contributed by atoms with Gasteiger partial charge in [0.1, 0.15) is 5.56 Å². The molecule has 2 heterocycles. The van der Waals surface area contributed by atoms with Crippen LogP contribution in [0.4, 0.5) is 11.5 Å². The second-order valence-corrected chi connectivity index (χ2v) is 10.3. The molecule has 212 valence electrons. The van der Waals surface area contributed by atoms with Crippen molar-refractivity contribution >= 4 is 23.3 Å². The number of hydrogen-bond acceptors (Lipinski definition) is 4. The number of pyridine rings is 1. The molecule has 41 heavy (non-hydrogen) atoms. The van der Waals surface area contributed by atoms with Crippen molar-refractivity contribution in [2.75, 3.05) is 23.0 Å². The first-order chi connectivity index (χ1) is 19.4. The van der Waals surface area contributed by atoms with Crippen molar-refractivity contribution < 1.29 is 32.1 Å². The maximum absolute atomic E-state index is 14.2. The van der Waals surface area contributed by atoms with E-state index < -0.39 is 17.4 Å². The van der Waals surface area contributed by atoms with Gasteiger partial charge in [0.25, 0.3) is 17.6 Å². The van der Waals surface area contributed by atoms with Crippen LogP contribution < -0.4 is 32.7 Å². The van der Waals surface area contributed by atoms with E-state index in [0.29, 0.717) is 22.4 Å². The van der Waals surface area contributed by atoms with Crippen LogP contribution in [0.2, 0.25) is 0 Å². The minimum atomic E-state index is -2.05. The number of H-pyrrole nitrogens is 1. The lowest BCUT2D eigenvalue weighted by molar-refractivity contribution is -0.364. The van der Waals surface area contributed by atoms with Gasteiger partial charge in [-0.1, -0.05) is 77.9 Å². The van der Waals surface area contributed by atoms with E-state index in [2.05, 4.69) is 15.3 Å². The number of aromatic amines is 1. The topological polar surface area (TPSA) is 87.0 Å². The highest BCUT2D eigenvalue weighted by atomic mass is 35.5. The average molecular weight is 571 g/mol. The Morgan fingerprint density at radius 1 is 0.805 bits per heavy atom. The maximum Gasteiger partial charge on any atom is 0.287 e. The van der Waals surface area contributed by atoms with E-state index in [0.717, 1.165) is 49.3 Å². The van der Waals surface area contributed by atoms with Crippen LogP contribution in [0.5, 0.6) is 0 Å². The summed E-state index contributed by atoms with van der Waals surface area (Å²) in [6, 6.07) is 26.9. The lowest BCUT2D eigenvalue weighted by atomic mass is 9.85. The third-order valence-corrected chi connectivity index (χ3v) is 7.44. The molecule has 1 saturated heterocycles. The van der Waals surface area contributed by atoms with Gasteiger partial charge in [-0.3, -0.25) is 19.9 Å². The van der Waals surface area contributed by atoms with E-state index in [-0.39, 0.29) is 12.4 Å². The SMILES string of the molecule is Cc1ccc(C(O)(C(=O)NN(C(=O)c2ccc[nH+]c2N2CCCCC2)c2ccccc2)c2ccc(C)cc2)cc1.[Cl-]. The van der Waals surface area contributed by atoms with Crippen LogP contribution in [0.1, 0.15) is 51.9 Å². The first kappa shape index (κ1) is 29.8. The van der Waals surface area contributed by atoms with Crippen LogP contribution in [-0.2, 0) is 10.4 Å². The predicted molar refractivity (Wildman–Crippen MR) is 156 cm³/mol. The normalized spacial score (nSPS) is 13.2. The zero-order chi connectivity index (χ0) is 28.1. The number of aryl methyl sites for hydroxylation is 2. The van der Waals surface area contributed by atoms with Crippen LogP contribution in [-0.4, -0.2) is 30.0 Å². The van der Waals surface area contributed by atoms with Gasteiger partial charge in [-0.15, -0.1) is 0 Å². The molecule has 7 nitrogen and oxygen atoms in total. The summed E-state index contributed by atoms with van der Waals surface area (Å²) in [5.41, 5.74) is 4.47. The van der Waals surface area contributed by atoms with Crippen LogP contribution in [0, 0.1) is 13.8 Å². The Morgan fingerprint density at radius 3 is 1.93 bits per heavy atom. The van der Waals surface area contributed by atoms with Crippen molar-refractivity contribution in [3.05, 3.63) is 125 Å². The van der Waals surface area contributed by atoms with Gasteiger partial charge >= 0.3 is 0 Å². The summed E-state index contributed by atoms with van der Waals surface area (Å²) in [5, 5.41) is 13.4. The number of aliphatic hydroxyl groups is 1. The Labute approximate surface area is 247 Å². The van der Waals surface area contributed by atoms with E-state index in [9.17, 15) is 14.7 Å². The number of piperidine rings is 1. The number of amides is 2. The van der Waals surface area contributed by atoms with Gasteiger partial charge < -0.3 is 17.5 Å². The summed E-state index contributed by atoms with van der Waals surface area (Å²) >= 11 is 0. The van der Waals surface area contributed by atoms with Crippen LogP contribution in [0.25, 0.3) is 0 Å². The van der Waals surface area contributed by atoms with Crippen LogP contribution in [0.3, 0.4) is 0 Å². The predicted octanol–water partition coefficient (Wildman–Crippen LogP) is 1.73. The number of anilines is 2. The number of nitrogens with zero attached hydrogens (tertiary/aromatic N) is 2. The van der Waals surface area contributed by atoms with Crippen molar-refractivity contribution in [3.63, 3.8) is 0 Å². The Kier molecular flexibility index (Phi) is 9.42. The summed E-state index contributed by atoms with van der Waals surface area (Å²) < 4.78 is 0. The van der Waals surface area contributed by atoms with Gasteiger partial charge in [0.05, 0.1) is 25.0 Å². The second-order valence-electron chi connectivity index (χ2n) is 10.3. The largest absolute Gasteiger partial charge is 1.00 e. The van der Waals surface area contributed by atoms with Crippen molar-refractivity contribution in [1.29, 1.82) is 0 Å². The monoisotopic (exact) mass is 570 g/mol. The highest BCUT2D eigenvalue weighted by Crippen LogP contribution is 2.32. The number of halogens is 1. The molecule has 1 fully saturated rings. The zero-order valence-electron chi connectivity index (χ0n) is 23.3. The fourth-order valence-electron chi connectivity index (χ4n) is 5.11. The number of carbonyl (C=O) groups excluding carboxylic acids is 2. The summed E-state index contributed by atoms with van der Waals surface area (Å²) in [6.07, 6.45) is 5.07. The van der Waals surface area contributed by atoms with Crippen LogP contribution >= 0.6 is 0 Å². The third-order valence-electron chi connectivity index (χ3n) is 7.44. The third kappa shape index (κ3) is 6.26. The minimum absolute atomic E-state index is 0. The van der Waals surface area contributed by atoms with E-state index >= 15 is 0 Å². The molecule has 0 atom stereocenters. The van der Waals surface area contributed by atoms with Gasteiger partial charge in [-0.2, -0.15) is 0 Å². The number of benzene rings is 3. The van der Waals surface area contributed by atoms with Crippen molar-refractivity contribution in [3.8, 4) is 0 Å². The minimum Gasteiger partial charge on any atom is -1.00 e. The molecule has 1 aromatic heterocycles. The van der Waals surface area contributed by atoms with Gasteiger partial charge in [0, 0.05) is 0 Å². The van der Waals surface area contributed by atoms with Gasteiger partial charge in [-0.25, -0.2) is 9.99 Å². The van der Waals surface area contributed by atoms with E-state index in [4.69, 9.17) is 0 Å².